The molecule has 116 valence electrons. The zero-order valence-corrected chi connectivity index (χ0v) is 13.4. The SMILES string of the molecule is N[C@H]1CCc2nc(NC(=O)CC3CCCCCC3)sc2C1. The lowest BCUT2D eigenvalue weighted by atomic mass is 9.96. The first-order valence-electron chi connectivity index (χ1n) is 8.24. The molecule has 1 amide bonds. The monoisotopic (exact) mass is 307 g/mol. The number of nitrogens with two attached hydrogens (primary N) is 1. The molecule has 0 aliphatic heterocycles. The van der Waals surface area contributed by atoms with Crippen LogP contribution in [0.25, 0.3) is 0 Å². The van der Waals surface area contributed by atoms with E-state index < -0.39 is 0 Å². The molecule has 1 atom stereocenters. The van der Waals surface area contributed by atoms with Crippen LogP contribution in [0.4, 0.5) is 5.13 Å². The topological polar surface area (TPSA) is 68.0 Å². The van der Waals surface area contributed by atoms with Crippen molar-refractivity contribution in [3.8, 4) is 0 Å². The number of rotatable bonds is 3. The third kappa shape index (κ3) is 4.04. The zero-order valence-electron chi connectivity index (χ0n) is 12.6. The summed E-state index contributed by atoms with van der Waals surface area (Å²) in [5.74, 6) is 0.702. The van der Waals surface area contributed by atoms with Crippen molar-refractivity contribution in [2.45, 2.75) is 70.3 Å². The smallest absolute Gasteiger partial charge is 0.226 e. The molecular weight excluding hydrogens is 282 g/mol. The summed E-state index contributed by atoms with van der Waals surface area (Å²) in [7, 11) is 0. The second kappa shape index (κ2) is 6.88. The van der Waals surface area contributed by atoms with Gasteiger partial charge >= 0.3 is 0 Å². The van der Waals surface area contributed by atoms with Gasteiger partial charge < -0.3 is 11.1 Å². The van der Waals surface area contributed by atoms with Gasteiger partial charge in [-0.2, -0.15) is 0 Å². The third-order valence-corrected chi connectivity index (χ3v) is 5.71. The van der Waals surface area contributed by atoms with Crippen LogP contribution < -0.4 is 11.1 Å². The largest absolute Gasteiger partial charge is 0.327 e. The Hall–Kier alpha value is -0.940. The summed E-state index contributed by atoms with van der Waals surface area (Å²) in [5.41, 5.74) is 7.13. The van der Waals surface area contributed by atoms with Crippen molar-refractivity contribution in [1.82, 2.24) is 4.98 Å². The molecule has 3 rings (SSSR count). The van der Waals surface area contributed by atoms with Crippen LogP contribution in [-0.4, -0.2) is 16.9 Å². The Morgan fingerprint density at radius 3 is 2.76 bits per heavy atom. The number of fused-ring (bicyclic) bond motifs is 1. The Balaban J connectivity index is 1.55. The van der Waals surface area contributed by atoms with E-state index in [0.717, 1.165) is 30.1 Å². The van der Waals surface area contributed by atoms with Crippen LogP contribution in [0.1, 0.15) is 61.9 Å². The van der Waals surface area contributed by atoms with Gasteiger partial charge in [-0.25, -0.2) is 4.98 Å². The summed E-state index contributed by atoms with van der Waals surface area (Å²) in [5, 5.41) is 3.78. The molecule has 1 heterocycles. The number of amides is 1. The van der Waals surface area contributed by atoms with Gasteiger partial charge in [-0.05, 0) is 38.0 Å². The Morgan fingerprint density at radius 2 is 2.00 bits per heavy atom. The lowest BCUT2D eigenvalue weighted by Crippen LogP contribution is -2.27. The van der Waals surface area contributed by atoms with Gasteiger partial charge in [-0.15, -0.1) is 11.3 Å². The molecule has 0 unspecified atom stereocenters. The first kappa shape index (κ1) is 15.0. The highest BCUT2D eigenvalue weighted by Crippen LogP contribution is 2.30. The molecule has 3 N–H and O–H groups in total. The van der Waals surface area contributed by atoms with Gasteiger partial charge in [0.2, 0.25) is 5.91 Å². The van der Waals surface area contributed by atoms with E-state index >= 15 is 0 Å². The number of thiazole rings is 1. The molecule has 1 aromatic rings. The van der Waals surface area contributed by atoms with Crippen LogP contribution in [0.2, 0.25) is 0 Å². The highest BCUT2D eigenvalue weighted by atomic mass is 32.1. The third-order valence-electron chi connectivity index (χ3n) is 4.67. The van der Waals surface area contributed by atoms with Crippen LogP contribution in [-0.2, 0) is 17.6 Å². The quantitative estimate of drug-likeness (QED) is 0.842. The van der Waals surface area contributed by atoms with Crippen LogP contribution in [0.5, 0.6) is 0 Å². The Kier molecular flexibility index (Phi) is 4.91. The second-order valence-electron chi connectivity index (χ2n) is 6.50. The van der Waals surface area contributed by atoms with Crippen molar-refractivity contribution < 1.29 is 4.79 Å². The number of carbonyl (C=O) groups is 1. The van der Waals surface area contributed by atoms with Gasteiger partial charge in [0.25, 0.3) is 0 Å². The van der Waals surface area contributed by atoms with Crippen LogP contribution in [0.15, 0.2) is 0 Å². The fraction of sp³-hybridized carbons (Fsp3) is 0.750. The minimum absolute atomic E-state index is 0.136. The highest BCUT2D eigenvalue weighted by molar-refractivity contribution is 7.15. The molecule has 21 heavy (non-hydrogen) atoms. The summed E-state index contributed by atoms with van der Waals surface area (Å²) in [6.45, 7) is 0. The molecular formula is C16H25N3OS. The fourth-order valence-corrected chi connectivity index (χ4v) is 4.57. The van der Waals surface area contributed by atoms with Crippen molar-refractivity contribution in [3.05, 3.63) is 10.6 Å². The van der Waals surface area contributed by atoms with E-state index in [-0.39, 0.29) is 11.9 Å². The molecule has 1 saturated carbocycles. The zero-order chi connectivity index (χ0) is 14.7. The predicted octanol–water partition coefficient (Wildman–Crippen LogP) is 3.26. The van der Waals surface area contributed by atoms with Gasteiger partial charge in [-0.3, -0.25) is 4.79 Å². The number of hydrogen-bond donors (Lipinski definition) is 2. The molecule has 0 saturated heterocycles. The molecule has 0 radical (unpaired) electrons. The van der Waals surface area contributed by atoms with Gasteiger partial charge in [0.15, 0.2) is 5.13 Å². The summed E-state index contributed by atoms with van der Waals surface area (Å²) in [4.78, 5) is 18.0. The summed E-state index contributed by atoms with van der Waals surface area (Å²) < 4.78 is 0. The maximum absolute atomic E-state index is 12.2. The number of aryl methyl sites for hydroxylation is 1. The molecule has 5 heteroatoms. The minimum atomic E-state index is 0.136. The molecule has 0 bridgehead atoms. The van der Waals surface area contributed by atoms with E-state index in [1.165, 1.54) is 43.4 Å². The van der Waals surface area contributed by atoms with E-state index in [1.54, 1.807) is 11.3 Å². The maximum atomic E-state index is 12.2. The van der Waals surface area contributed by atoms with E-state index in [2.05, 4.69) is 10.3 Å². The first-order chi connectivity index (χ1) is 10.2. The van der Waals surface area contributed by atoms with E-state index in [4.69, 9.17) is 5.73 Å². The lowest BCUT2D eigenvalue weighted by Gasteiger charge is -2.15. The molecule has 2 aliphatic rings. The Morgan fingerprint density at radius 1 is 1.24 bits per heavy atom. The number of carbonyl (C=O) groups excluding carboxylic acids is 1. The first-order valence-corrected chi connectivity index (χ1v) is 9.06. The number of hydrogen-bond acceptors (Lipinski definition) is 4. The second-order valence-corrected chi connectivity index (χ2v) is 7.59. The van der Waals surface area contributed by atoms with Crippen molar-refractivity contribution in [2.75, 3.05) is 5.32 Å². The number of aromatic nitrogens is 1. The molecule has 0 aromatic carbocycles. The molecule has 2 aliphatic carbocycles. The summed E-state index contributed by atoms with van der Waals surface area (Å²) in [6.07, 6.45) is 11.2. The highest BCUT2D eigenvalue weighted by Gasteiger charge is 2.21. The van der Waals surface area contributed by atoms with E-state index in [1.807, 2.05) is 0 Å². The molecule has 1 aromatic heterocycles. The number of nitrogens with one attached hydrogen (secondary N) is 1. The maximum Gasteiger partial charge on any atom is 0.226 e. The van der Waals surface area contributed by atoms with Crippen molar-refractivity contribution >= 4 is 22.4 Å². The minimum Gasteiger partial charge on any atom is -0.327 e. The normalized spacial score (nSPS) is 23.4. The van der Waals surface area contributed by atoms with Gasteiger partial charge in [0, 0.05) is 17.3 Å². The van der Waals surface area contributed by atoms with Gasteiger partial charge in [-0.1, -0.05) is 25.7 Å². The van der Waals surface area contributed by atoms with E-state index in [0.29, 0.717) is 12.3 Å². The number of nitrogens with zero attached hydrogens (tertiary/aromatic N) is 1. The average molecular weight is 307 g/mol. The summed E-state index contributed by atoms with van der Waals surface area (Å²) >= 11 is 1.61. The molecule has 4 nitrogen and oxygen atoms in total. The van der Waals surface area contributed by atoms with Crippen molar-refractivity contribution in [1.29, 1.82) is 0 Å². The Bertz CT molecular complexity index is 492. The standard InChI is InChI=1S/C16H25N3OS/c17-12-7-8-13-14(10-12)21-16(18-13)19-15(20)9-11-5-3-1-2-4-6-11/h11-12H,1-10,17H2,(H,18,19,20)/t12-/m0/s1. The number of anilines is 1. The average Bonchev–Trinajstić information content (AvgIpc) is 2.66. The predicted molar refractivity (Wildman–Crippen MR) is 86.6 cm³/mol. The lowest BCUT2D eigenvalue weighted by molar-refractivity contribution is -0.117. The van der Waals surface area contributed by atoms with Gasteiger partial charge in [0.1, 0.15) is 0 Å². The van der Waals surface area contributed by atoms with E-state index in [9.17, 15) is 4.79 Å². The van der Waals surface area contributed by atoms with Gasteiger partial charge in [0.05, 0.1) is 5.69 Å². The Labute approximate surface area is 130 Å². The van der Waals surface area contributed by atoms with Crippen LogP contribution >= 0.6 is 11.3 Å². The fourth-order valence-electron chi connectivity index (χ4n) is 3.45. The van der Waals surface area contributed by atoms with Crippen LogP contribution in [0, 0.1) is 5.92 Å². The summed E-state index contributed by atoms with van der Waals surface area (Å²) in [6, 6.07) is 0.257. The van der Waals surface area contributed by atoms with Crippen molar-refractivity contribution in [3.63, 3.8) is 0 Å². The van der Waals surface area contributed by atoms with Crippen LogP contribution in [0.3, 0.4) is 0 Å². The molecule has 1 fully saturated rings. The molecule has 0 spiro atoms. The van der Waals surface area contributed by atoms with Crippen molar-refractivity contribution in [2.24, 2.45) is 11.7 Å².